The number of hydrogen-bond donors (Lipinski definition) is 2. The van der Waals surface area contributed by atoms with E-state index in [9.17, 15) is 4.79 Å². The fraction of sp³-hybridized carbons (Fsp3) is 0.188. The Labute approximate surface area is 136 Å². The standard InChI is InChI=1S/C16H15BrN2O3/c17-11-4-3-5-12(8-11)19-16(20)18-9-13-10-21-14-6-1-2-7-15(14)22-13/h1-8,13H,9-10H2,(H2,18,19,20). The zero-order valence-corrected chi connectivity index (χ0v) is 13.3. The van der Waals surface area contributed by atoms with Crippen molar-refractivity contribution < 1.29 is 14.3 Å². The van der Waals surface area contributed by atoms with Crippen LogP contribution in [0.15, 0.2) is 53.0 Å². The highest BCUT2D eigenvalue weighted by molar-refractivity contribution is 9.10. The minimum absolute atomic E-state index is 0.205. The molecule has 6 heteroatoms. The van der Waals surface area contributed by atoms with Crippen LogP contribution in [0, 0.1) is 0 Å². The van der Waals surface area contributed by atoms with E-state index in [0.29, 0.717) is 18.9 Å². The van der Waals surface area contributed by atoms with Gasteiger partial charge < -0.3 is 20.1 Å². The Morgan fingerprint density at radius 3 is 2.82 bits per heavy atom. The van der Waals surface area contributed by atoms with Crippen LogP contribution in [-0.2, 0) is 0 Å². The van der Waals surface area contributed by atoms with E-state index in [1.807, 2.05) is 48.5 Å². The third-order valence-electron chi connectivity index (χ3n) is 3.14. The number of para-hydroxylation sites is 2. The van der Waals surface area contributed by atoms with E-state index in [1.165, 1.54) is 0 Å². The van der Waals surface area contributed by atoms with Crippen LogP contribution in [0.3, 0.4) is 0 Å². The highest BCUT2D eigenvalue weighted by Gasteiger charge is 2.20. The maximum atomic E-state index is 11.9. The number of urea groups is 1. The van der Waals surface area contributed by atoms with Crippen molar-refractivity contribution in [2.75, 3.05) is 18.5 Å². The molecule has 1 aliphatic heterocycles. The van der Waals surface area contributed by atoms with Crippen LogP contribution in [-0.4, -0.2) is 25.3 Å². The summed E-state index contributed by atoms with van der Waals surface area (Å²) in [4.78, 5) is 11.9. The molecule has 5 nitrogen and oxygen atoms in total. The molecule has 22 heavy (non-hydrogen) atoms. The second-order valence-electron chi connectivity index (χ2n) is 4.84. The van der Waals surface area contributed by atoms with Crippen LogP contribution in [0.25, 0.3) is 0 Å². The van der Waals surface area contributed by atoms with Crippen molar-refractivity contribution >= 4 is 27.6 Å². The maximum absolute atomic E-state index is 11.9. The SMILES string of the molecule is O=C(NCC1COc2ccccc2O1)Nc1cccc(Br)c1. The van der Waals surface area contributed by atoms with Gasteiger partial charge in [0, 0.05) is 10.2 Å². The fourth-order valence-corrected chi connectivity index (χ4v) is 2.51. The molecule has 2 aromatic rings. The molecule has 2 aromatic carbocycles. The lowest BCUT2D eigenvalue weighted by Crippen LogP contribution is -2.42. The van der Waals surface area contributed by atoms with Gasteiger partial charge in [-0.1, -0.05) is 34.1 Å². The van der Waals surface area contributed by atoms with Crippen molar-refractivity contribution in [3.63, 3.8) is 0 Å². The summed E-state index contributed by atoms with van der Waals surface area (Å²) >= 11 is 3.36. The fourth-order valence-electron chi connectivity index (χ4n) is 2.11. The zero-order chi connectivity index (χ0) is 15.4. The molecule has 0 radical (unpaired) electrons. The van der Waals surface area contributed by atoms with Gasteiger partial charge in [-0.05, 0) is 30.3 Å². The quantitative estimate of drug-likeness (QED) is 0.879. The van der Waals surface area contributed by atoms with E-state index in [2.05, 4.69) is 26.6 Å². The van der Waals surface area contributed by atoms with Gasteiger partial charge >= 0.3 is 6.03 Å². The molecule has 2 N–H and O–H groups in total. The molecule has 0 bridgehead atoms. The van der Waals surface area contributed by atoms with E-state index in [0.717, 1.165) is 15.9 Å². The van der Waals surface area contributed by atoms with Gasteiger partial charge in [-0.25, -0.2) is 4.79 Å². The lowest BCUT2D eigenvalue weighted by Gasteiger charge is -2.26. The summed E-state index contributed by atoms with van der Waals surface area (Å²) in [6.07, 6.45) is -0.205. The smallest absolute Gasteiger partial charge is 0.319 e. The van der Waals surface area contributed by atoms with Gasteiger partial charge in [-0.3, -0.25) is 0 Å². The van der Waals surface area contributed by atoms with E-state index in [1.54, 1.807) is 0 Å². The van der Waals surface area contributed by atoms with Crippen molar-refractivity contribution in [1.82, 2.24) is 5.32 Å². The van der Waals surface area contributed by atoms with Crippen molar-refractivity contribution in [2.45, 2.75) is 6.10 Å². The first kappa shape index (κ1) is 14.7. The number of nitrogens with one attached hydrogen (secondary N) is 2. The molecule has 0 saturated carbocycles. The summed E-state index contributed by atoms with van der Waals surface area (Å²) in [5, 5.41) is 5.55. The zero-order valence-electron chi connectivity index (χ0n) is 11.7. The molecular weight excluding hydrogens is 348 g/mol. The van der Waals surface area contributed by atoms with Crippen LogP contribution in [0.4, 0.5) is 10.5 Å². The third kappa shape index (κ3) is 3.71. The summed E-state index contributed by atoms with van der Waals surface area (Å²) in [5.74, 6) is 1.44. The normalized spacial score (nSPS) is 16.0. The predicted molar refractivity (Wildman–Crippen MR) is 87.5 cm³/mol. The lowest BCUT2D eigenvalue weighted by molar-refractivity contribution is 0.0922. The third-order valence-corrected chi connectivity index (χ3v) is 3.63. The van der Waals surface area contributed by atoms with Gasteiger partial charge in [0.1, 0.15) is 6.61 Å². The molecular formula is C16H15BrN2O3. The van der Waals surface area contributed by atoms with E-state index >= 15 is 0 Å². The van der Waals surface area contributed by atoms with Gasteiger partial charge in [0.25, 0.3) is 0 Å². The number of rotatable bonds is 3. The Bertz CT molecular complexity index is 678. The van der Waals surface area contributed by atoms with Crippen molar-refractivity contribution in [1.29, 1.82) is 0 Å². The first-order valence-corrected chi connectivity index (χ1v) is 7.69. The number of carbonyl (C=O) groups is 1. The van der Waals surface area contributed by atoms with Crippen molar-refractivity contribution in [2.24, 2.45) is 0 Å². The Morgan fingerprint density at radius 2 is 2.00 bits per heavy atom. The molecule has 2 amide bonds. The Balaban J connectivity index is 1.50. The molecule has 1 unspecified atom stereocenters. The summed E-state index contributed by atoms with van der Waals surface area (Å²) in [7, 11) is 0. The molecule has 1 heterocycles. The number of benzene rings is 2. The topological polar surface area (TPSA) is 59.6 Å². The molecule has 0 aliphatic carbocycles. The Kier molecular flexibility index (Phi) is 4.48. The monoisotopic (exact) mass is 362 g/mol. The number of carbonyl (C=O) groups excluding carboxylic acids is 1. The number of halogens is 1. The molecule has 0 saturated heterocycles. The number of hydrogen-bond acceptors (Lipinski definition) is 3. The van der Waals surface area contributed by atoms with Gasteiger partial charge in [0.05, 0.1) is 6.54 Å². The maximum Gasteiger partial charge on any atom is 0.319 e. The number of fused-ring (bicyclic) bond motifs is 1. The molecule has 0 aromatic heterocycles. The van der Waals surface area contributed by atoms with Gasteiger partial charge in [0.2, 0.25) is 0 Å². The number of ether oxygens (including phenoxy) is 2. The number of anilines is 1. The van der Waals surface area contributed by atoms with E-state index in [-0.39, 0.29) is 12.1 Å². The summed E-state index contributed by atoms with van der Waals surface area (Å²) in [6, 6.07) is 14.6. The molecule has 0 spiro atoms. The minimum atomic E-state index is -0.277. The average Bonchev–Trinajstić information content (AvgIpc) is 2.53. The summed E-state index contributed by atoms with van der Waals surface area (Å²) in [5.41, 5.74) is 0.720. The van der Waals surface area contributed by atoms with Crippen LogP contribution in [0.2, 0.25) is 0 Å². The van der Waals surface area contributed by atoms with Gasteiger partial charge in [-0.15, -0.1) is 0 Å². The van der Waals surface area contributed by atoms with Crippen LogP contribution in [0.1, 0.15) is 0 Å². The van der Waals surface area contributed by atoms with Crippen LogP contribution < -0.4 is 20.1 Å². The minimum Gasteiger partial charge on any atom is -0.486 e. The Hall–Kier alpha value is -2.21. The summed E-state index contributed by atoms with van der Waals surface area (Å²) < 4.78 is 12.3. The van der Waals surface area contributed by atoms with Crippen LogP contribution >= 0.6 is 15.9 Å². The summed E-state index contributed by atoms with van der Waals surface area (Å²) in [6.45, 7) is 0.780. The first-order valence-electron chi connectivity index (χ1n) is 6.89. The van der Waals surface area contributed by atoms with Gasteiger partial charge in [-0.2, -0.15) is 0 Å². The molecule has 3 rings (SSSR count). The second-order valence-corrected chi connectivity index (χ2v) is 5.76. The lowest BCUT2D eigenvalue weighted by atomic mass is 10.2. The number of amides is 2. The van der Waals surface area contributed by atoms with Gasteiger partial charge in [0.15, 0.2) is 17.6 Å². The molecule has 1 aliphatic rings. The molecule has 114 valence electrons. The Morgan fingerprint density at radius 1 is 1.18 bits per heavy atom. The average molecular weight is 363 g/mol. The predicted octanol–water partition coefficient (Wildman–Crippen LogP) is 3.41. The van der Waals surface area contributed by atoms with E-state index in [4.69, 9.17) is 9.47 Å². The van der Waals surface area contributed by atoms with Crippen molar-refractivity contribution in [3.8, 4) is 11.5 Å². The highest BCUT2D eigenvalue weighted by Crippen LogP contribution is 2.30. The highest BCUT2D eigenvalue weighted by atomic mass is 79.9. The van der Waals surface area contributed by atoms with E-state index < -0.39 is 0 Å². The largest absolute Gasteiger partial charge is 0.486 e. The first-order chi connectivity index (χ1) is 10.7. The molecule has 1 atom stereocenters. The second kappa shape index (κ2) is 6.70. The molecule has 0 fully saturated rings. The van der Waals surface area contributed by atoms with Crippen LogP contribution in [0.5, 0.6) is 11.5 Å². The van der Waals surface area contributed by atoms with Crippen molar-refractivity contribution in [3.05, 3.63) is 53.0 Å².